The first-order valence-electron chi connectivity index (χ1n) is 9.04. The molecule has 3 aromatic rings. The van der Waals surface area contributed by atoms with Gasteiger partial charge in [-0.1, -0.05) is 54.6 Å². The number of hydrogen-bond donors (Lipinski definition) is 3. The van der Waals surface area contributed by atoms with E-state index in [0.717, 1.165) is 5.56 Å². The Labute approximate surface area is 177 Å². The number of carboxylic acid groups (broad SMARTS) is 1. The van der Waals surface area contributed by atoms with Crippen molar-refractivity contribution in [1.82, 2.24) is 0 Å². The Balaban J connectivity index is 0.000000285. The second kappa shape index (κ2) is 11.6. The van der Waals surface area contributed by atoms with E-state index >= 15 is 0 Å². The minimum Gasteiger partial charge on any atom is -0.507 e. The van der Waals surface area contributed by atoms with Crippen LogP contribution in [0.3, 0.4) is 0 Å². The number of carbonyl (C=O) groups is 3. The van der Waals surface area contributed by atoms with Crippen LogP contribution in [0.2, 0.25) is 0 Å². The number of benzene rings is 3. The van der Waals surface area contributed by atoms with Gasteiger partial charge in [0.25, 0.3) is 0 Å². The molecule has 0 heterocycles. The number of aromatic hydroxyl groups is 2. The first-order valence-corrected chi connectivity index (χ1v) is 9.04. The smallest absolute Gasteiger partial charge is 0.344 e. The Bertz CT molecular complexity index is 1030. The van der Waals surface area contributed by atoms with Crippen LogP contribution in [-0.4, -0.2) is 39.8 Å². The Morgan fingerprint density at radius 1 is 0.677 bits per heavy atom. The van der Waals surface area contributed by atoms with E-state index in [1.54, 1.807) is 24.3 Å². The lowest BCUT2D eigenvalue weighted by molar-refractivity contribution is -0.148. The normalized spacial score (nSPS) is 9.68. The van der Waals surface area contributed by atoms with Crippen molar-refractivity contribution in [2.24, 2.45) is 0 Å². The predicted octanol–water partition coefficient (Wildman–Crippen LogP) is 3.38. The molecule has 8 heteroatoms. The lowest BCUT2D eigenvalue weighted by atomic mass is 10.2. The van der Waals surface area contributed by atoms with Crippen molar-refractivity contribution in [3.05, 3.63) is 95.6 Å². The largest absolute Gasteiger partial charge is 0.507 e. The zero-order valence-corrected chi connectivity index (χ0v) is 16.3. The van der Waals surface area contributed by atoms with E-state index in [2.05, 4.69) is 0 Å². The number of para-hydroxylation sites is 2. The van der Waals surface area contributed by atoms with Gasteiger partial charge in [-0.25, -0.2) is 14.4 Å². The minimum absolute atomic E-state index is 0.00774. The molecule has 0 aromatic heterocycles. The van der Waals surface area contributed by atoms with E-state index in [4.69, 9.17) is 19.7 Å². The third kappa shape index (κ3) is 7.54. The molecule has 0 fully saturated rings. The average molecular weight is 424 g/mol. The van der Waals surface area contributed by atoms with Gasteiger partial charge in [0, 0.05) is 0 Å². The molecule has 3 aromatic carbocycles. The molecule has 0 aliphatic rings. The molecule has 3 N–H and O–H groups in total. The summed E-state index contributed by atoms with van der Waals surface area (Å²) in [5, 5.41) is 26.8. The highest BCUT2D eigenvalue weighted by Gasteiger charge is 2.14. The van der Waals surface area contributed by atoms with Gasteiger partial charge in [-0.15, -0.1) is 0 Å². The molecule has 8 nitrogen and oxygen atoms in total. The predicted molar refractivity (Wildman–Crippen MR) is 110 cm³/mol. The third-order valence-electron chi connectivity index (χ3n) is 3.82. The van der Waals surface area contributed by atoms with Crippen LogP contribution in [0.4, 0.5) is 0 Å². The third-order valence-corrected chi connectivity index (χ3v) is 3.82. The van der Waals surface area contributed by atoms with E-state index in [-0.39, 0.29) is 29.2 Å². The summed E-state index contributed by atoms with van der Waals surface area (Å²) in [6, 6.07) is 20.9. The molecule has 0 radical (unpaired) electrons. The lowest BCUT2D eigenvalue weighted by Crippen LogP contribution is -2.16. The fourth-order valence-corrected chi connectivity index (χ4v) is 2.28. The molecule has 0 amide bonds. The highest BCUT2D eigenvalue weighted by atomic mass is 16.6. The van der Waals surface area contributed by atoms with Gasteiger partial charge < -0.3 is 24.8 Å². The standard InChI is InChI=1S/C16H14O5.C7H6O3/c17-14-9-5-4-8-13(14)16(19)21-11-15(18)20-10-12-6-2-1-3-7-12;8-6-4-2-1-3-5(6)7(9)10/h1-9,17H,10-11H2;1-4,8H,(H,9,10). The number of carboxylic acids is 1. The van der Waals surface area contributed by atoms with E-state index in [0.29, 0.717) is 0 Å². The highest BCUT2D eigenvalue weighted by Crippen LogP contribution is 2.16. The van der Waals surface area contributed by atoms with Crippen LogP contribution in [0.5, 0.6) is 11.5 Å². The van der Waals surface area contributed by atoms with Gasteiger partial charge in [0.1, 0.15) is 29.2 Å². The summed E-state index contributed by atoms with van der Waals surface area (Å²) in [6.45, 7) is -0.381. The first-order chi connectivity index (χ1) is 14.9. The van der Waals surface area contributed by atoms with Crippen LogP contribution < -0.4 is 0 Å². The fourth-order valence-electron chi connectivity index (χ4n) is 2.28. The molecule has 0 spiro atoms. The van der Waals surface area contributed by atoms with Gasteiger partial charge in [-0.05, 0) is 29.8 Å². The molecule has 160 valence electrons. The van der Waals surface area contributed by atoms with E-state index in [1.165, 1.54) is 24.3 Å². The van der Waals surface area contributed by atoms with Gasteiger partial charge in [0.15, 0.2) is 6.61 Å². The molecule has 0 bridgehead atoms. The summed E-state index contributed by atoms with van der Waals surface area (Å²) in [7, 11) is 0. The molecule has 0 saturated carbocycles. The maximum Gasteiger partial charge on any atom is 0.344 e. The number of rotatable bonds is 6. The second-order valence-electron chi connectivity index (χ2n) is 6.06. The summed E-state index contributed by atoms with van der Waals surface area (Å²) in [5.74, 6) is -2.93. The fraction of sp³-hybridized carbons (Fsp3) is 0.0870. The monoisotopic (exact) mass is 424 g/mol. The van der Waals surface area contributed by atoms with Crippen molar-refractivity contribution in [2.45, 2.75) is 6.61 Å². The maximum atomic E-state index is 11.7. The number of ether oxygens (including phenoxy) is 2. The van der Waals surface area contributed by atoms with Crippen molar-refractivity contribution >= 4 is 17.9 Å². The lowest BCUT2D eigenvalue weighted by Gasteiger charge is -2.07. The summed E-state index contributed by atoms with van der Waals surface area (Å²) in [5.41, 5.74) is 0.786. The number of carbonyl (C=O) groups excluding carboxylic acids is 2. The Kier molecular flexibility index (Phi) is 8.60. The van der Waals surface area contributed by atoms with Gasteiger partial charge in [-0.2, -0.15) is 0 Å². The van der Waals surface area contributed by atoms with Gasteiger partial charge in [0.05, 0.1) is 0 Å². The van der Waals surface area contributed by atoms with Crippen LogP contribution in [0.15, 0.2) is 78.9 Å². The van der Waals surface area contributed by atoms with Crippen LogP contribution in [0.25, 0.3) is 0 Å². The molecule has 3 rings (SSSR count). The van der Waals surface area contributed by atoms with Crippen molar-refractivity contribution in [3.8, 4) is 11.5 Å². The van der Waals surface area contributed by atoms with Crippen LogP contribution in [0.1, 0.15) is 26.3 Å². The Morgan fingerprint density at radius 3 is 1.71 bits per heavy atom. The number of phenols is 2. The van der Waals surface area contributed by atoms with Crippen molar-refractivity contribution < 1.29 is 39.2 Å². The van der Waals surface area contributed by atoms with E-state index in [1.807, 2.05) is 30.3 Å². The van der Waals surface area contributed by atoms with Gasteiger partial charge >= 0.3 is 17.9 Å². The number of phenolic OH excluding ortho intramolecular Hbond substituents is 1. The quantitative estimate of drug-likeness (QED) is 0.514. The molecule has 0 atom stereocenters. The van der Waals surface area contributed by atoms with Crippen molar-refractivity contribution in [3.63, 3.8) is 0 Å². The van der Waals surface area contributed by atoms with Gasteiger partial charge in [0.2, 0.25) is 0 Å². The first kappa shape index (κ1) is 23.0. The Morgan fingerprint density at radius 2 is 1.19 bits per heavy atom. The van der Waals surface area contributed by atoms with Crippen LogP contribution in [0, 0.1) is 0 Å². The zero-order valence-electron chi connectivity index (χ0n) is 16.3. The van der Waals surface area contributed by atoms with E-state index in [9.17, 15) is 19.5 Å². The Hall–Kier alpha value is -4.33. The summed E-state index contributed by atoms with van der Waals surface area (Å²) >= 11 is 0. The minimum atomic E-state index is -1.11. The molecular formula is C23H20O8. The summed E-state index contributed by atoms with van der Waals surface area (Å²) < 4.78 is 9.75. The number of esters is 2. The highest BCUT2D eigenvalue weighted by molar-refractivity contribution is 5.93. The topological polar surface area (TPSA) is 130 Å². The number of hydrogen-bond acceptors (Lipinski definition) is 7. The number of aromatic carboxylic acids is 1. The molecule has 0 saturated heterocycles. The molecule has 31 heavy (non-hydrogen) atoms. The molecule has 0 unspecified atom stereocenters. The SMILES string of the molecule is O=C(COC(=O)c1ccccc1O)OCc1ccccc1.O=C(O)c1ccccc1O. The van der Waals surface area contributed by atoms with Gasteiger partial charge in [-0.3, -0.25) is 0 Å². The second-order valence-corrected chi connectivity index (χ2v) is 6.06. The summed E-state index contributed by atoms with van der Waals surface area (Å²) in [4.78, 5) is 33.4. The van der Waals surface area contributed by atoms with E-state index < -0.39 is 24.5 Å². The average Bonchev–Trinajstić information content (AvgIpc) is 2.77. The zero-order chi connectivity index (χ0) is 22.6. The van der Waals surface area contributed by atoms with Crippen LogP contribution >= 0.6 is 0 Å². The van der Waals surface area contributed by atoms with Crippen molar-refractivity contribution in [2.75, 3.05) is 6.61 Å². The molecule has 0 aliphatic carbocycles. The van der Waals surface area contributed by atoms with Crippen molar-refractivity contribution in [1.29, 1.82) is 0 Å². The summed E-state index contributed by atoms with van der Waals surface area (Å²) in [6.07, 6.45) is 0. The molecular weight excluding hydrogens is 404 g/mol. The molecule has 0 aliphatic heterocycles. The van der Waals surface area contributed by atoms with Crippen LogP contribution in [-0.2, 0) is 20.9 Å². The maximum absolute atomic E-state index is 11.7.